The lowest BCUT2D eigenvalue weighted by atomic mass is 10.1. The molecule has 0 fully saturated rings. The highest BCUT2D eigenvalue weighted by atomic mass is 19.3. The van der Waals surface area contributed by atoms with E-state index in [2.05, 4.69) is 16.0 Å². The maximum Gasteiger partial charge on any atom is 0.407 e. The fraction of sp³-hybridized carbons (Fsp3) is 0.929. The number of alkyl halides is 2. The van der Waals surface area contributed by atoms with Crippen molar-refractivity contribution in [2.24, 2.45) is 0 Å². The second-order valence-electron chi connectivity index (χ2n) is 7.06. The number of hydrogen-bond acceptors (Lipinski definition) is 4. The quantitative estimate of drug-likeness (QED) is 0.631. The SMILES string of the molecule is CC(C)(C)NCCNCC(F)(F)CNC(=O)OC(C)(C)C. The Kier molecular flexibility index (Phi) is 7.53. The number of carbonyl (C=O) groups excluding carboxylic acids is 1. The standard InChI is InChI=1S/C14H29F2N3O2/c1-12(2,3)19-8-7-17-9-14(15,16)10-18-11(20)21-13(4,5)6/h17,19H,7-10H2,1-6H3,(H,18,20). The van der Waals surface area contributed by atoms with Crippen molar-refractivity contribution >= 4 is 6.09 Å². The molecule has 0 aromatic carbocycles. The van der Waals surface area contributed by atoms with E-state index < -0.39 is 30.7 Å². The lowest BCUT2D eigenvalue weighted by Gasteiger charge is -2.23. The van der Waals surface area contributed by atoms with Gasteiger partial charge in [0, 0.05) is 18.6 Å². The van der Waals surface area contributed by atoms with Gasteiger partial charge in [0.2, 0.25) is 0 Å². The van der Waals surface area contributed by atoms with Crippen LogP contribution < -0.4 is 16.0 Å². The van der Waals surface area contributed by atoms with Crippen molar-refractivity contribution in [2.45, 2.75) is 58.6 Å². The number of halogens is 2. The van der Waals surface area contributed by atoms with Gasteiger partial charge in [0.25, 0.3) is 5.92 Å². The van der Waals surface area contributed by atoms with Crippen molar-refractivity contribution in [3.63, 3.8) is 0 Å². The Balaban J connectivity index is 3.86. The van der Waals surface area contributed by atoms with E-state index in [1.165, 1.54) is 0 Å². The smallest absolute Gasteiger partial charge is 0.407 e. The van der Waals surface area contributed by atoms with Gasteiger partial charge < -0.3 is 20.7 Å². The summed E-state index contributed by atoms with van der Waals surface area (Å²) in [6.45, 7) is 10.8. The molecule has 0 aromatic heterocycles. The summed E-state index contributed by atoms with van der Waals surface area (Å²) in [7, 11) is 0. The predicted octanol–water partition coefficient (Wildman–Crippen LogP) is 2.12. The van der Waals surface area contributed by atoms with Gasteiger partial charge in [-0.05, 0) is 41.5 Å². The van der Waals surface area contributed by atoms with Crippen molar-refractivity contribution in [2.75, 3.05) is 26.2 Å². The van der Waals surface area contributed by atoms with Crippen LogP contribution in [0.15, 0.2) is 0 Å². The zero-order chi connectivity index (χ0) is 16.7. The summed E-state index contributed by atoms with van der Waals surface area (Å²) in [5, 5.41) is 7.93. The van der Waals surface area contributed by atoms with Crippen LogP contribution in [0.2, 0.25) is 0 Å². The third-order valence-electron chi connectivity index (χ3n) is 2.23. The van der Waals surface area contributed by atoms with E-state index in [1.807, 2.05) is 20.8 Å². The van der Waals surface area contributed by atoms with E-state index in [0.717, 1.165) is 0 Å². The Labute approximate surface area is 126 Å². The first-order valence-electron chi connectivity index (χ1n) is 7.11. The van der Waals surface area contributed by atoms with Crippen LogP contribution in [0.3, 0.4) is 0 Å². The molecule has 0 saturated heterocycles. The second kappa shape index (κ2) is 7.89. The molecule has 0 saturated carbocycles. The molecule has 5 nitrogen and oxygen atoms in total. The molecule has 21 heavy (non-hydrogen) atoms. The highest BCUT2D eigenvalue weighted by molar-refractivity contribution is 5.67. The van der Waals surface area contributed by atoms with E-state index in [-0.39, 0.29) is 5.54 Å². The maximum atomic E-state index is 13.5. The van der Waals surface area contributed by atoms with Gasteiger partial charge in [0.15, 0.2) is 0 Å². The topological polar surface area (TPSA) is 62.4 Å². The fourth-order valence-electron chi connectivity index (χ4n) is 1.38. The third-order valence-corrected chi connectivity index (χ3v) is 2.23. The Morgan fingerprint density at radius 1 is 1.00 bits per heavy atom. The second-order valence-corrected chi connectivity index (χ2v) is 7.06. The van der Waals surface area contributed by atoms with E-state index in [0.29, 0.717) is 13.1 Å². The molecule has 1 amide bonds. The normalized spacial score (nSPS) is 13.1. The first-order chi connectivity index (χ1) is 9.31. The van der Waals surface area contributed by atoms with Gasteiger partial charge in [-0.25, -0.2) is 13.6 Å². The fourth-order valence-corrected chi connectivity index (χ4v) is 1.38. The molecule has 0 aromatic rings. The number of amides is 1. The van der Waals surface area contributed by atoms with Crippen molar-refractivity contribution < 1.29 is 18.3 Å². The molecule has 7 heteroatoms. The molecule has 0 radical (unpaired) electrons. The van der Waals surface area contributed by atoms with Gasteiger partial charge in [-0.2, -0.15) is 0 Å². The Bertz CT molecular complexity index is 323. The van der Waals surface area contributed by atoms with Crippen LogP contribution in [0.25, 0.3) is 0 Å². The van der Waals surface area contributed by atoms with Gasteiger partial charge >= 0.3 is 6.09 Å². The monoisotopic (exact) mass is 309 g/mol. The minimum Gasteiger partial charge on any atom is -0.444 e. The Morgan fingerprint density at radius 3 is 2.05 bits per heavy atom. The Hall–Kier alpha value is -0.950. The minimum absolute atomic E-state index is 0.0392. The minimum atomic E-state index is -3.02. The molecular weight excluding hydrogens is 280 g/mol. The zero-order valence-electron chi connectivity index (χ0n) is 13.9. The molecule has 0 atom stereocenters. The van der Waals surface area contributed by atoms with Crippen LogP contribution in [0.5, 0.6) is 0 Å². The number of nitrogens with one attached hydrogen (secondary N) is 3. The summed E-state index contributed by atoms with van der Waals surface area (Å²) in [5.74, 6) is -3.02. The van der Waals surface area contributed by atoms with Crippen molar-refractivity contribution in [1.29, 1.82) is 0 Å². The van der Waals surface area contributed by atoms with Crippen LogP contribution in [0.4, 0.5) is 13.6 Å². The molecule has 3 N–H and O–H groups in total. The lowest BCUT2D eigenvalue weighted by molar-refractivity contribution is -0.00334. The first-order valence-corrected chi connectivity index (χ1v) is 7.11. The number of carbonyl (C=O) groups is 1. The van der Waals surface area contributed by atoms with Gasteiger partial charge in [-0.3, -0.25) is 0 Å². The number of rotatable bonds is 7. The van der Waals surface area contributed by atoms with Crippen LogP contribution in [-0.2, 0) is 4.74 Å². The number of alkyl carbamates (subject to hydrolysis) is 1. The van der Waals surface area contributed by atoms with Gasteiger partial charge in [-0.15, -0.1) is 0 Å². The van der Waals surface area contributed by atoms with Crippen molar-refractivity contribution in [3.8, 4) is 0 Å². The molecule has 0 bridgehead atoms. The summed E-state index contributed by atoms with van der Waals surface area (Å²) < 4.78 is 31.9. The summed E-state index contributed by atoms with van der Waals surface area (Å²) in [6.07, 6.45) is -0.837. The van der Waals surface area contributed by atoms with Crippen molar-refractivity contribution in [3.05, 3.63) is 0 Å². The van der Waals surface area contributed by atoms with E-state index in [9.17, 15) is 13.6 Å². The Morgan fingerprint density at radius 2 is 1.57 bits per heavy atom. The maximum absolute atomic E-state index is 13.5. The molecule has 0 unspecified atom stereocenters. The average Bonchev–Trinajstić information content (AvgIpc) is 2.22. The van der Waals surface area contributed by atoms with Gasteiger partial charge in [-0.1, -0.05) is 0 Å². The van der Waals surface area contributed by atoms with E-state index >= 15 is 0 Å². The zero-order valence-corrected chi connectivity index (χ0v) is 13.9. The highest BCUT2D eigenvalue weighted by Crippen LogP contribution is 2.11. The van der Waals surface area contributed by atoms with E-state index in [1.54, 1.807) is 20.8 Å². The molecule has 0 aliphatic rings. The average molecular weight is 309 g/mol. The molecule has 126 valence electrons. The molecule has 0 spiro atoms. The molecule has 0 heterocycles. The summed E-state index contributed by atoms with van der Waals surface area (Å²) in [6, 6.07) is 0. The van der Waals surface area contributed by atoms with Crippen LogP contribution in [-0.4, -0.2) is 49.3 Å². The number of ether oxygens (including phenoxy) is 1. The van der Waals surface area contributed by atoms with Crippen molar-refractivity contribution in [1.82, 2.24) is 16.0 Å². The van der Waals surface area contributed by atoms with Crippen LogP contribution in [0, 0.1) is 0 Å². The molecule has 0 rings (SSSR count). The summed E-state index contributed by atoms with van der Waals surface area (Å²) in [4.78, 5) is 11.3. The van der Waals surface area contributed by atoms with Crippen LogP contribution >= 0.6 is 0 Å². The van der Waals surface area contributed by atoms with E-state index in [4.69, 9.17) is 4.74 Å². The largest absolute Gasteiger partial charge is 0.444 e. The van der Waals surface area contributed by atoms with Crippen LogP contribution in [0.1, 0.15) is 41.5 Å². The summed E-state index contributed by atoms with van der Waals surface area (Å²) in [5.41, 5.74) is -0.737. The lowest BCUT2D eigenvalue weighted by Crippen LogP contribution is -2.46. The first kappa shape index (κ1) is 20.1. The highest BCUT2D eigenvalue weighted by Gasteiger charge is 2.30. The number of hydrogen-bond donors (Lipinski definition) is 3. The summed E-state index contributed by atoms with van der Waals surface area (Å²) >= 11 is 0. The van der Waals surface area contributed by atoms with Gasteiger partial charge in [0.05, 0.1) is 13.1 Å². The third kappa shape index (κ3) is 13.8. The molecular formula is C14H29F2N3O2. The predicted molar refractivity (Wildman–Crippen MR) is 79.8 cm³/mol. The molecule has 0 aliphatic carbocycles. The van der Waals surface area contributed by atoms with Gasteiger partial charge in [0.1, 0.15) is 5.60 Å². The molecule has 0 aliphatic heterocycles.